The predicted molar refractivity (Wildman–Crippen MR) is 132 cm³/mol. The van der Waals surface area contributed by atoms with Crippen molar-refractivity contribution in [3.63, 3.8) is 0 Å². The van der Waals surface area contributed by atoms with Gasteiger partial charge in [0.25, 0.3) is 0 Å². The molecule has 0 bridgehead atoms. The SMILES string of the molecule is O=C(Cc1ccccc1)NC(=S)Nc1ccc(Oc2ccnc(NC(=O)C3CC3)c2)cc1Cl. The number of benzene rings is 2. The van der Waals surface area contributed by atoms with Crippen molar-refractivity contribution in [1.82, 2.24) is 10.3 Å². The topological polar surface area (TPSA) is 92.3 Å². The summed E-state index contributed by atoms with van der Waals surface area (Å²) < 4.78 is 5.84. The van der Waals surface area contributed by atoms with E-state index < -0.39 is 0 Å². The molecule has 0 atom stereocenters. The minimum Gasteiger partial charge on any atom is -0.457 e. The number of carbonyl (C=O) groups excluding carboxylic acids is 2. The first kappa shape index (κ1) is 22.7. The highest BCUT2D eigenvalue weighted by Gasteiger charge is 2.29. The Kier molecular flexibility index (Phi) is 7.16. The highest BCUT2D eigenvalue weighted by atomic mass is 35.5. The van der Waals surface area contributed by atoms with Gasteiger partial charge in [-0.3, -0.25) is 9.59 Å². The molecule has 2 aromatic carbocycles. The third-order valence-electron chi connectivity index (χ3n) is 4.82. The smallest absolute Gasteiger partial charge is 0.230 e. The molecule has 3 N–H and O–H groups in total. The molecule has 0 saturated heterocycles. The molecule has 1 aliphatic carbocycles. The number of pyridine rings is 1. The van der Waals surface area contributed by atoms with Crippen LogP contribution < -0.4 is 20.7 Å². The van der Waals surface area contributed by atoms with Crippen LogP contribution in [-0.2, 0) is 16.0 Å². The Morgan fingerprint density at radius 1 is 1.03 bits per heavy atom. The number of halogens is 1. The van der Waals surface area contributed by atoms with Crippen molar-refractivity contribution in [1.29, 1.82) is 0 Å². The summed E-state index contributed by atoms with van der Waals surface area (Å²) in [5.41, 5.74) is 1.42. The van der Waals surface area contributed by atoms with Crippen molar-refractivity contribution in [2.45, 2.75) is 19.3 Å². The number of nitrogens with one attached hydrogen (secondary N) is 3. The van der Waals surface area contributed by atoms with Crippen molar-refractivity contribution in [3.05, 3.63) is 77.4 Å². The summed E-state index contributed by atoms with van der Waals surface area (Å²) in [6.45, 7) is 0. The number of nitrogens with zero attached hydrogens (tertiary/aromatic N) is 1. The fraction of sp³-hybridized carbons (Fsp3) is 0.167. The third-order valence-corrected chi connectivity index (χ3v) is 5.33. The maximum absolute atomic E-state index is 12.2. The molecule has 0 radical (unpaired) electrons. The zero-order chi connectivity index (χ0) is 23.2. The van der Waals surface area contributed by atoms with Crippen molar-refractivity contribution in [3.8, 4) is 11.5 Å². The van der Waals surface area contributed by atoms with E-state index in [1.807, 2.05) is 30.3 Å². The summed E-state index contributed by atoms with van der Waals surface area (Å²) >= 11 is 11.6. The second kappa shape index (κ2) is 10.4. The largest absolute Gasteiger partial charge is 0.457 e. The number of ether oxygens (including phenoxy) is 1. The molecule has 0 spiro atoms. The van der Waals surface area contributed by atoms with Gasteiger partial charge in [0, 0.05) is 24.2 Å². The van der Waals surface area contributed by atoms with Gasteiger partial charge < -0.3 is 20.7 Å². The standard InChI is InChI=1S/C24H21ClN4O3S/c25-19-13-17(32-18-10-11-26-21(14-18)28-23(31)16-6-7-16)8-9-20(19)27-24(33)29-22(30)12-15-4-2-1-3-5-15/h1-5,8-11,13-14,16H,6-7,12H2,(H,26,28,31)(H2,27,29,30,33). The molecule has 33 heavy (non-hydrogen) atoms. The number of anilines is 2. The Morgan fingerprint density at radius 2 is 1.79 bits per heavy atom. The van der Waals surface area contributed by atoms with E-state index >= 15 is 0 Å². The summed E-state index contributed by atoms with van der Waals surface area (Å²) in [5, 5.41) is 8.86. The minimum atomic E-state index is -0.225. The average molecular weight is 481 g/mol. The summed E-state index contributed by atoms with van der Waals surface area (Å²) in [5.74, 6) is 1.28. The van der Waals surface area contributed by atoms with Crippen LogP contribution in [-0.4, -0.2) is 21.9 Å². The molecular weight excluding hydrogens is 460 g/mol. The van der Waals surface area contributed by atoms with Gasteiger partial charge in [0.15, 0.2) is 5.11 Å². The molecule has 168 valence electrons. The van der Waals surface area contributed by atoms with Crippen LogP contribution in [0.15, 0.2) is 66.9 Å². The summed E-state index contributed by atoms with van der Waals surface area (Å²) in [6.07, 6.45) is 3.62. The van der Waals surface area contributed by atoms with Crippen LogP contribution in [0.1, 0.15) is 18.4 Å². The van der Waals surface area contributed by atoms with E-state index in [0.29, 0.717) is 28.0 Å². The molecule has 1 saturated carbocycles. The zero-order valence-corrected chi connectivity index (χ0v) is 19.1. The maximum atomic E-state index is 12.2. The van der Waals surface area contributed by atoms with Gasteiger partial charge in [-0.15, -0.1) is 0 Å². The minimum absolute atomic E-state index is 0.0232. The van der Waals surface area contributed by atoms with E-state index in [1.54, 1.807) is 36.5 Å². The molecular formula is C24H21ClN4O3S. The molecule has 7 nitrogen and oxygen atoms in total. The van der Waals surface area contributed by atoms with E-state index in [0.717, 1.165) is 18.4 Å². The normalized spacial score (nSPS) is 12.5. The lowest BCUT2D eigenvalue weighted by molar-refractivity contribution is -0.119. The second-order valence-corrected chi connectivity index (χ2v) is 8.36. The number of thiocarbonyl (C=S) groups is 1. The average Bonchev–Trinajstić information content (AvgIpc) is 3.62. The van der Waals surface area contributed by atoms with Crippen LogP contribution >= 0.6 is 23.8 Å². The van der Waals surface area contributed by atoms with Gasteiger partial charge in [-0.05, 0) is 48.8 Å². The number of aromatic nitrogens is 1. The maximum Gasteiger partial charge on any atom is 0.230 e. The third kappa shape index (κ3) is 6.74. The lowest BCUT2D eigenvalue weighted by Gasteiger charge is -2.13. The van der Waals surface area contributed by atoms with Gasteiger partial charge in [-0.1, -0.05) is 41.9 Å². The van der Waals surface area contributed by atoms with Crippen molar-refractivity contribution >= 4 is 52.3 Å². The molecule has 0 aliphatic heterocycles. The number of carbonyl (C=O) groups is 2. The first-order chi connectivity index (χ1) is 16.0. The van der Waals surface area contributed by atoms with Crippen LogP contribution in [0.2, 0.25) is 5.02 Å². The summed E-state index contributed by atoms with van der Waals surface area (Å²) in [4.78, 5) is 28.2. The molecule has 2 amide bonds. The molecule has 3 aromatic rings. The first-order valence-electron chi connectivity index (χ1n) is 10.4. The number of amides is 2. The van der Waals surface area contributed by atoms with E-state index in [-0.39, 0.29) is 29.3 Å². The summed E-state index contributed by atoms with van der Waals surface area (Å²) in [6, 6.07) is 17.8. The Morgan fingerprint density at radius 3 is 2.52 bits per heavy atom. The highest BCUT2D eigenvalue weighted by Crippen LogP contribution is 2.32. The Balaban J connectivity index is 1.32. The molecule has 1 fully saturated rings. The van der Waals surface area contributed by atoms with Crippen molar-refractivity contribution in [2.24, 2.45) is 5.92 Å². The number of hydrogen-bond acceptors (Lipinski definition) is 5. The van der Waals surface area contributed by atoms with Gasteiger partial charge >= 0.3 is 0 Å². The van der Waals surface area contributed by atoms with Gasteiger partial charge in [-0.2, -0.15) is 0 Å². The Labute approximate surface area is 201 Å². The van der Waals surface area contributed by atoms with Gasteiger partial charge in [-0.25, -0.2) is 4.98 Å². The van der Waals surface area contributed by atoms with E-state index in [2.05, 4.69) is 20.9 Å². The van der Waals surface area contributed by atoms with Crippen molar-refractivity contribution < 1.29 is 14.3 Å². The quantitative estimate of drug-likeness (QED) is 0.415. The lowest BCUT2D eigenvalue weighted by Crippen LogP contribution is -2.35. The summed E-state index contributed by atoms with van der Waals surface area (Å²) in [7, 11) is 0. The van der Waals surface area contributed by atoms with Gasteiger partial charge in [0.05, 0.1) is 17.1 Å². The van der Waals surface area contributed by atoms with Crippen LogP contribution in [0, 0.1) is 5.92 Å². The Hall–Kier alpha value is -3.49. The Bertz CT molecular complexity index is 1190. The van der Waals surface area contributed by atoms with E-state index in [1.165, 1.54) is 0 Å². The highest BCUT2D eigenvalue weighted by molar-refractivity contribution is 7.80. The second-order valence-electron chi connectivity index (χ2n) is 7.55. The predicted octanol–water partition coefficient (Wildman–Crippen LogP) is 4.93. The molecule has 9 heteroatoms. The zero-order valence-electron chi connectivity index (χ0n) is 17.5. The molecule has 1 aliphatic rings. The molecule has 1 aromatic heterocycles. The lowest BCUT2D eigenvalue weighted by atomic mass is 10.1. The van der Waals surface area contributed by atoms with Crippen LogP contribution in [0.5, 0.6) is 11.5 Å². The number of rotatable bonds is 7. The molecule has 0 unspecified atom stereocenters. The van der Waals surface area contributed by atoms with Gasteiger partial charge in [0.2, 0.25) is 11.8 Å². The van der Waals surface area contributed by atoms with E-state index in [9.17, 15) is 9.59 Å². The van der Waals surface area contributed by atoms with Crippen LogP contribution in [0.3, 0.4) is 0 Å². The monoisotopic (exact) mass is 480 g/mol. The van der Waals surface area contributed by atoms with Gasteiger partial charge in [0.1, 0.15) is 17.3 Å². The molecule has 1 heterocycles. The number of hydrogen-bond donors (Lipinski definition) is 3. The fourth-order valence-corrected chi connectivity index (χ4v) is 3.46. The first-order valence-corrected chi connectivity index (χ1v) is 11.1. The van der Waals surface area contributed by atoms with Crippen LogP contribution in [0.25, 0.3) is 0 Å². The van der Waals surface area contributed by atoms with Crippen molar-refractivity contribution in [2.75, 3.05) is 10.6 Å². The van der Waals surface area contributed by atoms with E-state index in [4.69, 9.17) is 28.6 Å². The van der Waals surface area contributed by atoms with Crippen LogP contribution in [0.4, 0.5) is 11.5 Å². The molecule has 4 rings (SSSR count). The fourth-order valence-electron chi connectivity index (χ4n) is 3.02.